The number of para-hydroxylation sites is 1. The summed E-state index contributed by atoms with van der Waals surface area (Å²) in [4.78, 5) is 30.4. The second kappa shape index (κ2) is 7.86. The average molecular weight is 453 g/mol. The maximum Gasteiger partial charge on any atom is 0.265 e. The number of benzene rings is 2. The van der Waals surface area contributed by atoms with Crippen molar-refractivity contribution >= 4 is 34.4 Å². The average Bonchev–Trinajstić information content (AvgIpc) is 3.36. The zero-order valence-corrected chi connectivity index (χ0v) is 17.7. The summed E-state index contributed by atoms with van der Waals surface area (Å²) in [5.74, 6) is -1.94. The van der Waals surface area contributed by atoms with Crippen LogP contribution in [0.1, 0.15) is 18.0 Å². The predicted octanol–water partition coefficient (Wildman–Crippen LogP) is 3.84. The Labute approximate surface area is 185 Å². The van der Waals surface area contributed by atoms with Gasteiger partial charge in [0, 0.05) is 23.9 Å². The zero-order chi connectivity index (χ0) is 22.4. The molecule has 5 rings (SSSR count). The Hall–Kier alpha value is -3.53. The Kier molecular flexibility index (Phi) is 5.01. The van der Waals surface area contributed by atoms with Crippen LogP contribution in [0.25, 0.3) is 16.7 Å². The quantitative estimate of drug-likeness (QED) is 0.475. The van der Waals surface area contributed by atoms with Gasteiger partial charge in [-0.05, 0) is 30.7 Å². The molecule has 0 fully saturated rings. The molecule has 0 saturated carbocycles. The van der Waals surface area contributed by atoms with Gasteiger partial charge in [-0.25, -0.2) is 18.4 Å². The third-order valence-corrected chi connectivity index (χ3v) is 6.44. The molecule has 10 heteroatoms. The van der Waals surface area contributed by atoms with Crippen molar-refractivity contribution in [2.45, 2.75) is 24.5 Å². The Bertz CT molecular complexity index is 1430. The lowest BCUT2D eigenvalue weighted by Crippen LogP contribution is -2.27. The number of amides is 1. The summed E-state index contributed by atoms with van der Waals surface area (Å²) in [6.45, 7) is 1.96. The number of hydrogen-bond acceptors (Lipinski definition) is 5. The van der Waals surface area contributed by atoms with Crippen molar-refractivity contribution in [1.29, 1.82) is 0 Å². The highest BCUT2D eigenvalue weighted by atomic mass is 32.2. The van der Waals surface area contributed by atoms with E-state index in [0.29, 0.717) is 21.9 Å². The molecule has 1 amide bonds. The topological polar surface area (TPSA) is 81.8 Å². The van der Waals surface area contributed by atoms with Gasteiger partial charge < -0.3 is 5.32 Å². The molecule has 1 aliphatic rings. The molecule has 162 valence electrons. The number of nitrogens with zero attached hydrogens (tertiary/aromatic N) is 4. The second-order valence-corrected chi connectivity index (χ2v) is 8.48. The van der Waals surface area contributed by atoms with E-state index in [1.807, 2.05) is 31.2 Å². The standard InChI is InChI=1S/C22H17F2N5O2S/c1-12-4-2-3-5-18(12)29-20-15(10-25-29)21(31)28-14(11-32-22(28)27-20)9-19(30)26-13-6-7-16(23)17(24)8-13/h2-8,10,14H,9,11H2,1H3,(H,26,30). The van der Waals surface area contributed by atoms with Gasteiger partial charge in [0.15, 0.2) is 22.4 Å². The number of halogens is 2. The fraction of sp³-hybridized carbons (Fsp3) is 0.182. The van der Waals surface area contributed by atoms with Crippen LogP contribution in [0.5, 0.6) is 0 Å². The van der Waals surface area contributed by atoms with Gasteiger partial charge in [0.25, 0.3) is 5.56 Å². The number of carbonyl (C=O) groups is 1. The number of aryl methyl sites for hydroxylation is 1. The minimum Gasteiger partial charge on any atom is -0.326 e. The molecule has 7 nitrogen and oxygen atoms in total. The van der Waals surface area contributed by atoms with Crippen molar-refractivity contribution in [3.05, 3.63) is 76.2 Å². The molecule has 0 aliphatic carbocycles. The fourth-order valence-electron chi connectivity index (χ4n) is 3.76. The molecule has 1 unspecified atom stereocenters. The monoisotopic (exact) mass is 453 g/mol. The van der Waals surface area contributed by atoms with Crippen LogP contribution in [0.15, 0.2) is 58.6 Å². The second-order valence-electron chi connectivity index (χ2n) is 7.50. The summed E-state index contributed by atoms with van der Waals surface area (Å²) in [5.41, 5.74) is 2.19. The van der Waals surface area contributed by atoms with Crippen molar-refractivity contribution in [2.24, 2.45) is 0 Å². The van der Waals surface area contributed by atoms with E-state index in [9.17, 15) is 18.4 Å². The summed E-state index contributed by atoms with van der Waals surface area (Å²) >= 11 is 1.39. The van der Waals surface area contributed by atoms with Gasteiger partial charge in [0.05, 0.1) is 17.9 Å². The Morgan fingerprint density at radius 1 is 1.22 bits per heavy atom. The molecule has 1 aliphatic heterocycles. The van der Waals surface area contributed by atoms with E-state index in [1.54, 1.807) is 4.68 Å². The summed E-state index contributed by atoms with van der Waals surface area (Å²) in [5, 5.41) is 7.80. The normalized spacial score (nSPS) is 15.2. The van der Waals surface area contributed by atoms with Crippen LogP contribution in [-0.4, -0.2) is 31.0 Å². The zero-order valence-electron chi connectivity index (χ0n) is 16.9. The highest BCUT2D eigenvalue weighted by Crippen LogP contribution is 2.33. The molecule has 4 aromatic rings. The number of fused-ring (bicyclic) bond motifs is 2. The van der Waals surface area contributed by atoms with Crippen molar-refractivity contribution in [3.63, 3.8) is 0 Å². The molecule has 0 radical (unpaired) electrons. The molecule has 3 heterocycles. The molecule has 1 N–H and O–H groups in total. The SMILES string of the molecule is Cc1ccccc1-n1ncc2c(=O)n3c(nc21)SCC3CC(=O)Nc1ccc(F)c(F)c1. The van der Waals surface area contributed by atoms with Gasteiger partial charge in [0.1, 0.15) is 5.39 Å². The number of nitrogens with one attached hydrogen (secondary N) is 1. The first kappa shape index (κ1) is 20.4. The molecular formula is C22H17F2N5O2S. The summed E-state index contributed by atoms with van der Waals surface area (Å²) < 4.78 is 29.6. The molecule has 2 aromatic carbocycles. The van der Waals surface area contributed by atoms with Crippen molar-refractivity contribution < 1.29 is 13.6 Å². The van der Waals surface area contributed by atoms with E-state index in [0.717, 1.165) is 23.4 Å². The van der Waals surface area contributed by atoms with Crippen molar-refractivity contribution in [1.82, 2.24) is 19.3 Å². The number of thioether (sulfide) groups is 1. The lowest BCUT2D eigenvalue weighted by Gasteiger charge is -2.14. The summed E-state index contributed by atoms with van der Waals surface area (Å²) in [7, 11) is 0. The van der Waals surface area contributed by atoms with Crippen LogP contribution in [0.2, 0.25) is 0 Å². The molecule has 0 saturated heterocycles. The highest BCUT2D eigenvalue weighted by Gasteiger charge is 2.29. The predicted molar refractivity (Wildman–Crippen MR) is 117 cm³/mol. The molecular weight excluding hydrogens is 436 g/mol. The van der Waals surface area contributed by atoms with E-state index in [1.165, 1.54) is 28.6 Å². The Balaban J connectivity index is 1.44. The van der Waals surface area contributed by atoms with Crippen molar-refractivity contribution in [3.8, 4) is 5.69 Å². The first-order valence-electron chi connectivity index (χ1n) is 9.86. The summed E-state index contributed by atoms with van der Waals surface area (Å²) in [6.07, 6.45) is 1.49. The van der Waals surface area contributed by atoms with Crippen LogP contribution >= 0.6 is 11.8 Å². The number of carbonyl (C=O) groups excluding carboxylic acids is 1. The van der Waals surface area contributed by atoms with E-state index >= 15 is 0 Å². The number of aromatic nitrogens is 4. The van der Waals surface area contributed by atoms with Gasteiger partial charge in [-0.15, -0.1) is 0 Å². The first-order valence-corrected chi connectivity index (χ1v) is 10.8. The van der Waals surface area contributed by atoms with Crippen molar-refractivity contribution in [2.75, 3.05) is 11.1 Å². The van der Waals surface area contributed by atoms with E-state index in [2.05, 4.69) is 15.4 Å². The molecule has 2 aromatic heterocycles. The Morgan fingerprint density at radius 2 is 2.03 bits per heavy atom. The van der Waals surface area contributed by atoms with Gasteiger partial charge in [-0.3, -0.25) is 14.2 Å². The van der Waals surface area contributed by atoms with Crippen LogP contribution < -0.4 is 10.9 Å². The van der Waals surface area contributed by atoms with E-state index in [4.69, 9.17) is 0 Å². The van der Waals surface area contributed by atoms with Crippen LogP contribution in [-0.2, 0) is 4.79 Å². The number of hydrogen-bond donors (Lipinski definition) is 1. The molecule has 0 spiro atoms. The maximum absolute atomic E-state index is 13.4. The fourth-order valence-corrected chi connectivity index (χ4v) is 4.89. The third-order valence-electron chi connectivity index (χ3n) is 5.34. The molecule has 1 atom stereocenters. The Morgan fingerprint density at radius 3 is 2.81 bits per heavy atom. The first-order chi connectivity index (χ1) is 15.4. The minimum absolute atomic E-state index is 0.00196. The van der Waals surface area contributed by atoms with E-state index < -0.39 is 23.6 Å². The van der Waals surface area contributed by atoms with Crippen LogP contribution in [0.4, 0.5) is 14.5 Å². The largest absolute Gasteiger partial charge is 0.326 e. The van der Waals surface area contributed by atoms with Gasteiger partial charge in [0.2, 0.25) is 5.91 Å². The smallest absolute Gasteiger partial charge is 0.265 e. The lowest BCUT2D eigenvalue weighted by molar-refractivity contribution is -0.116. The van der Waals surface area contributed by atoms with Crippen LogP contribution in [0, 0.1) is 18.6 Å². The van der Waals surface area contributed by atoms with Gasteiger partial charge in [-0.1, -0.05) is 30.0 Å². The van der Waals surface area contributed by atoms with Crippen LogP contribution in [0.3, 0.4) is 0 Å². The maximum atomic E-state index is 13.4. The van der Waals surface area contributed by atoms with E-state index in [-0.39, 0.29) is 17.7 Å². The molecule has 32 heavy (non-hydrogen) atoms. The number of rotatable bonds is 4. The highest BCUT2D eigenvalue weighted by molar-refractivity contribution is 7.99. The third kappa shape index (κ3) is 3.46. The van der Waals surface area contributed by atoms with Gasteiger partial charge >= 0.3 is 0 Å². The summed E-state index contributed by atoms with van der Waals surface area (Å²) in [6, 6.07) is 10.4. The lowest BCUT2D eigenvalue weighted by atomic mass is 10.2. The number of anilines is 1. The van der Waals surface area contributed by atoms with Gasteiger partial charge in [-0.2, -0.15) is 5.10 Å². The molecule has 0 bridgehead atoms. The minimum atomic E-state index is -1.04.